The summed E-state index contributed by atoms with van der Waals surface area (Å²) in [7, 11) is 1.66. The number of hydrogen-bond donors (Lipinski definition) is 0. The van der Waals surface area contributed by atoms with Gasteiger partial charge in [0.1, 0.15) is 0 Å². The van der Waals surface area contributed by atoms with Crippen molar-refractivity contribution in [2.45, 2.75) is 19.8 Å². The zero-order valence-electron chi connectivity index (χ0n) is 11.5. The lowest BCUT2D eigenvalue weighted by Crippen LogP contribution is -2.28. The molecular weight excluding hydrogens is 262 g/mol. The highest BCUT2D eigenvalue weighted by Gasteiger charge is 2.29. The second-order valence-electron chi connectivity index (χ2n) is 5.18. The Hall–Kier alpha value is -1.06. The predicted molar refractivity (Wildman–Crippen MR) is 76.5 cm³/mol. The number of likely N-dealkylation sites (tertiary alicyclic amines) is 1. The zero-order valence-corrected chi connectivity index (χ0v) is 12.2. The first kappa shape index (κ1) is 14.4. The van der Waals surface area contributed by atoms with E-state index in [1.807, 2.05) is 23.1 Å². The van der Waals surface area contributed by atoms with Gasteiger partial charge in [0, 0.05) is 31.6 Å². The highest BCUT2D eigenvalue weighted by atomic mass is 35.5. The van der Waals surface area contributed by atoms with Gasteiger partial charge in [-0.3, -0.25) is 4.79 Å². The number of halogens is 1. The Balaban J connectivity index is 1.97. The lowest BCUT2D eigenvalue weighted by molar-refractivity contribution is -0.128. The number of amides is 1. The molecule has 1 aliphatic rings. The first-order valence-electron chi connectivity index (χ1n) is 6.62. The van der Waals surface area contributed by atoms with E-state index in [9.17, 15) is 4.79 Å². The van der Waals surface area contributed by atoms with Crippen LogP contribution in [0.2, 0.25) is 5.02 Å². The van der Waals surface area contributed by atoms with Crippen LogP contribution in [0.5, 0.6) is 0 Å². The molecular formula is C15H20ClNO2. The SMILES string of the molecule is COCCN1C[C@H](Cc2cc(Cl)ccc2C)CC1=O. The van der Waals surface area contributed by atoms with E-state index < -0.39 is 0 Å². The number of hydrogen-bond acceptors (Lipinski definition) is 2. The van der Waals surface area contributed by atoms with Gasteiger partial charge in [0.25, 0.3) is 0 Å². The van der Waals surface area contributed by atoms with Crippen LogP contribution in [0.3, 0.4) is 0 Å². The number of aryl methyl sites for hydroxylation is 1. The molecule has 1 saturated heterocycles. The maximum Gasteiger partial charge on any atom is 0.223 e. The van der Waals surface area contributed by atoms with Crippen molar-refractivity contribution in [3.63, 3.8) is 0 Å². The number of carbonyl (C=O) groups is 1. The summed E-state index contributed by atoms with van der Waals surface area (Å²) in [6, 6.07) is 5.96. The van der Waals surface area contributed by atoms with Crippen molar-refractivity contribution in [1.82, 2.24) is 4.90 Å². The summed E-state index contributed by atoms with van der Waals surface area (Å²) >= 11 is 6.03. The van der Waals surface area contributed by atoms with Crippen LogP contribution >= 0.6 is 11.6 Å². The van der Waals surface area contributed by atoms with Crippen LogP contribution < -0.4 is 0 Å². The van der Waals surface area contributed by atoms with Crippen molar-refractivity contribution < 1.29 is 9.53 Å². The Morgan fingerprint density at radius 2 is 2.26 bits per heavy atom. The van der Waals surface area contributed by atoms with Crippen LogP contribution in [-0.2, 0) is 16.0 Å². The van der Waals surface area contributed by atoms with Gasteiger partial charge in [-0.1, -0.05) is 17.7 Å². The third-order valence-electron chi connectivity index (χ3n) is 3.68. The number of rotatable bonds is 5. The molecule has 0 N–H and O–H groups in total. The molecule has 4 heteroatoms. The third-order valence-corrected chi connectivity index (χ3v) is 3.91. The largest absolute Gasteiger partial charge is 0.383 e. The Bertz CT molecular complexity index is 461. The number of nitrogens with zero attached hydrogens (tertiary/aromatic N) is 1. The Kier molecular flexibility index (Phi) is 4.83. The van der Waals surface area contributed by atoms with Crippen LogP contribution in [0, 0.1) is 12.8 Å². The normalized spacial score (nSPS) is 19.2. The third kappa shape index (κ3) is 3.71. The fraction of sp³-hybridized carbons (Fsp3) is 0.533. The monoisotopic (exact) mass is 281 g/mol. The highest BCUT2D eigenvalue weighted by Crippen LogP contribution is 2.25. The number of ether oxygens (including phenoxy) is 1. The standard InChI is InChI=1S/C15H20ClNO2/c1-11-3-4-14(16)9-13(11)7-12-8-15(18)17(10-12)5-6-19-2/h3-4,9,12H,5-8,10H2,1-2H3/t12-/m1/s1. The van der Waals surface area contributed by atoms with Crippen molar-refractivity contribution in [1.29, 1.82) is 0 Å². The number of benzene rings is 1. The topological polar surface area (TPSA) is 29.5 Å². The quantitative estimate of drug-likeness (QED) is 0.830. The Morgan fingerprint density at radius 3 is 3.00 bits per heavy atom. The molecule has 1 aromatic carbocycles. The van der Waals surface area contributed by atoms with Gasteiger partial charge in [-0.2, -0.15) is 0 Å². The molecule has 19 heavy (non-hydrogen) atoms. The summed E-state index contributed by atoms with van der Waals surface area (Å²) in [4.78, 5) is 13.8. The average molecular weight is 282 g/mol. The number of carbonyl (C=O) groups excluding carboxylic acids is 1. The summed E-state index contributed by atoms with van der Waals surface area (Å²) in [6.07, 6.45) is 1.55. The minimum Gasteiger partial charge on any atom is -0.383 e. The first-order chi connectivity index (χ1) is 9.10. The van der Waals surface area contributed by atoms with E-state index in [0.717, 1.165) is 18.0 Å². The van der Waals surface area contributed by atoms with E-state index in [2.05, 4.69) is 6.92 Å². The summed E-state index contributed by atoms with van der Waals surface area (Å²) in [5.74, 6) is 0.628. The van der Waals surface area contributed by atoms with Crippen molar-refractivity contribution in [2.24, 2.45) is 5.92 Å². The number of methoxy groups -OCH3 is 1. The molecule has 0 spiro atoms. The molecule has 0 bridgehead atoms. The van der Waals surface area contributed by atoms with E-state index in [1.54, 1.807) is 7.11 Å². The highest BCUT2D eigenvalue weighted by molar-refractivity contribution is 6.30. The Labute approximate surface area is 119 Å². The summed E-state index contributed by atoms with van der Waals surface area (Å²) < 4.78 is 5.03. The van der Waals surface area contributed by atoms with Crippen LogP contribution in [-0.4, -0.2) is 37.6 Å². The molecule has 1 fully saturated rings. The van der Waals surface area contributed by atoms with Gasteiger partial charge in [-0.15, -0.1) is 0 Å². The van der Waals surface area contributed by atoms with Crippen molar-refractivity contribution >= 4 is 17.5 Å². The van der Waals surface area contributed by atoms with E-state index in [1.165, 1.54) is 11.1 Å². The molecule has 2 rings (SSSR count). The molecule has 0 saturated carbocycles. The zero-order chi connectivity index (χ0) is 13.8. The predicted octanol–water partition coefficient (Wildman–Crippen LogP) is 2.69. The molecule has 1 amide bonds. The van der Waals surface area contributed by atoms with Crippen LogP contribution in [0.4, 0.5) is 0 Å². The molecule has 1 aliphatic heterocycles. The molecule has 1 atom stereocenters. The lowest BCUT2D eigenvalue weighted by Gasteiger charge is -2.16. The van der Waals surface area contributed by atoms with Gasteiger partial charge in [-0.05, 0) is 42.5 Å². The van der Waals surface area contributed by atoms with Gasteiger partial charge in [0.2, 0.25) is 5.91 Å². The molecule has 0 aromatic heterocycles. The van der Waals surface area contributed by atoms with Crippen LogP contribution in [0.1, 0.15) is 17.5 Å². The molecule has 1 heterocycles. The molecule has 3 nitrogen and oxygen atoms in total. The Morgan fingerprint density at radius 1 is 1.47 bits per heavy atom. The fourth-order valence-corrected chi connectivity index (χ4v) is 2.77. The van der Waals surface area contributed by atoms with Gasteiger partial charge in [-0.25, -0.2) is 0 Å². The van der Waals surface area contributed by atoms with E-state index >= 15 is 0 Å². The van der Waals surface area contributed by atoms with Crippen LogP contribution in [0.25, 0.3) is 0 Å². The van der Waals surface area contributed by atoms with Crippen molar-refractivity contribution in [3.8, 4) is 0 Å². The molecule has 1 aromatic rings. The average Bonchev–Trinajstić information content (AvgIpc) is 2.72. The van der Waals surface area contributed by atoms with Gasteiger partial charge in [0.15, 0.2) is 0 Å². The minimum atomic E-state index is 0.238. The maximum absolute atomic E-state index is 11.9. The van der Waals surface area contributed by atoms with E-state index in [4.69, 9.17) is 16.3 Å². The minimum absolute atomic E-state index is 0.238. The maximum atomic E-state index is 11.9. The van der Waals surface area contributed by atoms with Crippen molar-refractivity contribution in [2.75, 3.05) is 26.8 Å². The summed E-state index contributed by atoms with van der Waals surface area (Å²) in [6.45, 7) is 4.22. The molecule has 0 radical (unpaired) electrons. The first-order valence-corrected chi connectivity index (χ1v) is 6.99. The smallest absolute Gasteiger partial charge is 0.223 e. The van der Waals surface area contributed by atoms with Crippen LogP contribution in [0.15, 0.2) is 18.2 Å². The molecule has 0 unspecified atom stereocenters. The van der Waals surface area contributed by atoms with Gasteiger partial charge < -0.3 is 9.64 Å². The molecule has 104 valence electrons. The molecule has 0 aliphatic carbocycles. The summed E-state index contributed by atoms with van der Waals surface area (Å²) in [5, 5.41) is 0.765. The fourth-order valence-electron chi connectivity index (χ4n) is 2.58. The van der Waals surface area contributed by atoms with E-state index in [0.29, 0.717) is 25.5 Å². The van der Waals surface area contributed by atoms with Gasteiger partial charge >= 0.3 is 0 Å². The lowest BCUT2D eigenvalue weighted by atomic mass is 9.95. The van der Waals surface area contributed by atoms with E-state index in [-0.39, 0.29) is 5.91 Å². The second-order valence-corrected chi connectivity index (χ2v) is 5.61. The van der Waals surface area contributed by atoms with Crippen molar-refractivity contribution in [3.05, 3.63) is 34.3 Å². The second kappa shape index (κ2) is 6.40. The van der Waals surface area contributed by atoms with Gasteiger partial charge in [0.05, 0.1) is 6.61 Å². The summed E-state index contributed by atoms with van der Waals surface area (Å²) in [5.41, 5.74) is 2.49.